The van der Waals surface area contributed by atoms with Crippen molar-refractivity contribution >= 4 is 22.9 Å². The minimum atomic E-state index is -0.760. The van der Waals surface area contributed by atoms with Gasteiger partial charge in [-0.3, -0.25) is 4.57 Å². The average molecular weight is 436 g/mol. The molecule has 4 rings (SSSR count). The standard InChI is InChI=1S/C18H12ClF2N5O2S/c1-9-17(29-8-23-9)28-16-12(19)5-10(6-22-16)15-24-25-18(27)26(15)7-11-13(20)3-2-4-14(11)21/h2-6,8H,7H2,1H3,(H,25,27). The molecule has 3 heterocycles. The molecule has 7 nitrogen and oxygen atoms in total. The molecule has 0 radical (unpaired) electrons. The summed E-state index contributed by atoms with van der Waals surface area (Å²) in [5.41, 5.74) is 1.83. The molecule has 1 aromatic carbocycles. The molecule has 148 valence electrons. The van der Waals surface area contributed by atoms with Crippen LogP contribution in [0.5, 0.6) is 10.9 Å². The molecule has 0 aliphatic heterocycles. The first-order valence-corrected chi connectivity index (χ1v) is 9.51. The number of H-pyrrole nitrogens is 1. The second-order valence-corrected chi connectivity index (χ2v) is 7.20. The smallest absolute Gasteiger partial charge is 0.343 e. The van der Waals surface area contributed by atoms with E-state index in [1.54, 1.807) is 12.4 Å². The molecule has 3 aromatic heterocycles. The summed E-state index contributed by atoms with van der Waals surface area (Å²) in [4.78, 5) is 20.4. The number of hydrogen-bond donors (Lipinski definition) is 1. The fourth-order valence-corrected chi connectivity index (χ4v) is 3.49. The van der Waals surface area contributed by atoms with E-state index in [2.05, 4.69) is 20.2 Å². The van der Waals surface area contributed by atoms with E-state index in [-0.39, 0.29) is 28.8 Å². The number of nitrogens with zero attached hydrogens (tertiary/aromatic N) is 4. The summed E-state index contributed by atoms with van der Waals surface area (Å²) in [6.45, 7) is 1.44. The Morgan fingerprint density at radius 3 is 2.69 bits per heavy atom. The number of halogens is 3. The molecular formula is C18H12ClF2N5O2S. The van der Waals surface area contributed by atoms with E-state index in [1.807, 2.05) is 0 Å². The molecule has 0 aliphatic rings. The summed E-state index contributed by atoms with van der Waals surface area (Å²) >= 11 is 7.57. The summed E-state index contributed by atoms with van der Waals surface area (Å²) in [7, 11) is 0. The number of rotatable bonds is 5. The second kappa shape index (κ2) is 7.72. The summed E-state index contributed by atoms with van der Waals surface area (Å²) in [5, 5.41) is 6.94. The van der Waals surface area contributed by atoms with Gasteiger partial charge in [-0.25, -0.2) is 28.6 Å². The van der Waals surface area contributed by atoms with Gasteiger partial charge in [0.15, 0.2) is 5.82 Å². The van der Waals surface area contributed by atoms with E-state index in [0.717, 1.165) is 16.7 Å². The van der Waals surface area contributed by atoms with Gasteiger partial charge in [0, 0.05) is 17.3 Å². The zero-order valence-electron chi connectivity index (χ0n) is 14.8. The van der Waals surface area contributed by atoms with Crippen LogP contribution in [-0.4, -0.2) is 24.7 Å². The molecular weight excluding hydrogens is 424 g/mol. The lowest BCUT2D eigenvalue weighted by Crippen LogP contribution is -2.19. The zero-order valence-corrected chi connectivity index (χ0v) is 16.4. The van der Waals surface area contributed by atoms with Crippen LogP contribution in [0.3, 0.4) is 0 Å². The molecule has 0 aliphatic carbocycles. The topological polar surface area (TPSA) is 85.7 Å². The van der Waals surface area contributed by atoms with Crippen molar-refractivity contribution in [1.29, 1.82) is 0 Å². The summed E-state index contributed by atoms with van der Waals surface area (Å²) in [5.74, 6) is -1.23. The molecule has 1 N–H and O–H groups in total. The van der Waals surface area contributed by atoms with Crippen molar-refractivity contribution in [2.45, 2.75) is 13.5 Å². The molecule has 29 heavy (non-hydrogen) atoms. The molecule has 0 fully saturated rings. The number of thiazole rings is 1. The van der Waals surface area contributed by atoms with Crippen molar-refractivity contribution in [3.05, 3.63) is 74.4 Å². The van der Waals surface area contributed by atoms with Crippen LogP contribution in [-0.2, 0) is 6.54 Å². The predicted molar refractivity (Wildman–Crippen MR) is 103 cm³/mol. The minimum Gasteiger partial charge on any atom is -0.425 e. The maximum Gasteiger partial charge on any atom is 0.343 e. The number of benzene rings is 1. The fourth-order valence-electron chi connectivity index (χ4n) is 2.63. The van der Waals surface area contributed by atoms with E-state index < -0.39 is 17.3 Å². The number of aromatic nitrogens is 5. The van der Waals surface area contributed by atoms with Crippen LogP contribution < -0.4 is 10.4 Å². The lowest BCUT2D eigenvalue weighted by atomic mass is 10.2. The quantitative estimate of drug-likeness (QED) is 0.508. The fraction of sp³-hybridized carbons (Fsp3) is 0.111. The number of aryl methyl sites for hydroxylation is 1. The normalized spacial score (nSPS) is 11.0. The molecule has 11 heteroatoms. The third-order valence-corrected chi connectivity index (χ3v) is 5.17. The van der Waals surface area contributed by atoms with Gasteiger partial charge >= 0.3 is 5.69 Å². The van der Waals surface area contributed by atoms with Crippen LogP contribution in [0.2, 0.25) is 5.02 Å². The Kier molecular flexibility index (Phi) is 5.12. The highest BCUT2D eigenvalue weighted by Gasteiger charge is 2.18. The van der Waals surface area contributed by atoms with Crippen molar-refractivity contribution in [2.75, 3.05) is 0 Å². The molecule has 0 spiro atoms. The SMILES string of the molecule is Cc1ncsc1Oc1ncc(-c2n[nH]c(=O)n2Cc2c(F)cccc2F)cc1Cl. The van der Waals surface area contributed by atoms with Crippen molar-refractivity contribution in [2.24, 2.45) is 0 Å². The molecule has 0 bridgehead atoms. The number of hydrogen-bond acceptors (Lipinski definition) is 6. The molecule has 0 amide bonds. The van der Waals surface area contributed by atoms with Crippen LogP contribution in [0.15, 0.2) is 40.8 Å². The molecule has 0 atom stereocenters. The molecule has 0 saturated heterocycles. The van der Waals surface area contributed by atoms with E-state index in [0.29, 0.717) is 16.3 Å². The highest BCUT2D eigenvalue weighted by atomic mass is 35.5. The second-order valence-electron chi connectivity index (χ2n) is 5.98. The van der Waals surface area contributed by atoms with Crippen molar-refractivity contribution in [1.82, 2.24) is 24.7 Å². The third-order valence-electron chi connectivity index (χ3n) is 4.09. The summed E-state index contributed by atoms with van der Waals surface area (Å²) in [6.07, 6.45) is 1.40. The van der Waals surface area contributed by atoms with E-state index in [4.69, 9.17) is 16.3 Å². The first kappa shape index (κ1) is 19.2. The minimum absolute atomic E-state index is 0.132. The summed E-state index contributed by atoms with van der Waals surface area (Å²) < 4.78 is 34.7. The van der Waals surface area contributed by atoms with Crippen LogP contribution in [0, 0.1) is 18.6 Å². The van der Waals surface area contributed by atoms with E-state index in [1.165, 1.54) is 29.7 Å². The van der Waals surface area contributed by atoms with Gasteiger partial charge in [0.05, 0.1) is 17.7 Å². The zero-order chi connectivity index (χ0) is 20.5. The Hall–Kier alpha value is -3.11. The van der Waals surface area contributed by atoms with Gasteiger partial charge in [0.2, 0.25) is 10.9 Å². The Morgan fingerprint density at radius 2 is 2.03 bits per heavy atom. The van der Waals surface area contributed by atoms with Crippen molar-refractivity contribution < 1.29 is 13.5 Å². The van der Waals surface area contributed by atoms with Crippen LogP contribution in [0.1, 0.15) is 11.3 Å². The Balaban J connectivity index is 1.68. The van der Waals surface area contributed by atoms with Gasteiger partial charge in [-0.2, -0.15) is 5.10 Å². The molecule has 0 unspecified atom stereocenters. The maximum absolute atomic E-state index is 14.0. The van der Waals surface area contributed by atoms with Gasteiger partial charge < -0.3 is 4.74 Å². The average Bonchev–Trinajstić information content (AvgIpc) is 3.26. The van der Waals surface area contributed by atoms with Gasteiger partial charge in [-0.05, 0) is 25.1 Å². The number of ether oxygens (including phenoxy) is 1. The maximum atomic E-state index is 14.0. The highest BCUT2D eigenvalue weighted by Crippen LogP contribution is 2.33. The van der Waals surface area contributed by atoms with Gasteiger partial charge in [0.25, 0.3) is 0 Å². The van der Waals surface area contributed by atoms with Crippen molar-refractivity contribution in [3.8, 4) is 22.3 Å². The number of aromatic amines is 1. The monoisotopic (exact) mass is 435 g/mol. The lowest BCUT2D eigenvalue weighted by Gasteiger charge is -2.09. The summed E-state index contributed by atoms with van der Waals surface area (Å²) in [6, 6.07) is 4.99. The van der Waals surface area contributed by atoms with Crippen LogP contribution in [0.4, 0.5) is 8.78 Å². The van der Waals surface area contributed by atoms with Gasteiger partial charge in [-0.15, -0.1) is 0 Å². The van der Waals surface area contributed by atoms with Crippen LogP contribution >= 0.6 is 22.9 Å². The third kappa shape index (κ3) is 3.76. The largest absolute Gasteiger partial charge is 0.425 e. The van der Waals surface area contributed by atoms with Gasteiger partial charge in [-0.1, -0.05) is 29.0 Å². The van der Waals surface area contributed by atoms with E-state index in [9.17, 15) is 13.6 Å². The highest BCUT2D eigenvalue weighted by molar-refractivity contribution is 7.11. The first-order chi connectivity index (χ1) is 13.9. The number of nitrogens with one attached hydrogen (secondary N) is 1. The van der Waals surface area contributed by atoms with Crippen molar-refractivity contribution in [3.63, 3.8) is 0 Å². The van der Waals surface area contributed by atoms with Crippen LogP contribution in [0.25, 0.3) is 11.4 Å². The first-order valence-electron chi connectivity index (χ1n) is 8.26. The molecule has 0 saturated carbocycles. The predicted octanol–water partition coefficient (Wildman–Crippen LogP) is 4.17. The Morgan fingerprint density at radius 1 is 1.28 bits per heavy atom. The Bertz CT molecular complexity index is 1230. The van der Waals surface area contributed by atoms with Gasteiger partial charge in [0.1, 0.15) is 16.7 Å². The lowest BCUT2D eigenvalue weighted by molar-refractivity contribution is 0.471. The van der Waals surface area contributed by atoms with E-state index >= 15 is 0 Å². The Labute approximate surface area is 171 Å². The molecule has 4 aromatic rings. The number of pyridine rings is 1.